The molecular formula is C17H17N3O3S. The number of hydrogen-bond donors (Lipinski definition) is 1. The van der Waals surface area contributed by atoms with Crippen molar-refractivity contribution < 1.29 is 13.9 Å². The summed E-state index contributed by atoms with van der Waals surface area (Å²) in [5.41, 5.74) is 0.968. The van der Waals surface area contributed by atoms with E-state index in [0.717, 1.165) is 27.8 Å². The highest BCUT2D eigenvalue weighted by molar-refractivity contribution is 7.15. The van der Waals surface area contributed by atoms with Crippen LogP contribution in [0.25, 0.3) is 11.3 Å². The first-order valence-corrected chi connectivity index (χ1v) is 8.29. The second-order valence-electron chi connectivity index (χ2n) is 5.17. The quantitative estimate of drug-likeness (QED) is 0.738. The number of carbonyl (C=O) groups excluding carboxylic acids is 1. The fraction of sp³-hybridized carbons (Fsp3) is 0.235. The summed E-state index contributed by atoms with van der Waals surface area (Å²) in [5.74, 6) is 2.24. The Morgan fingerprint density at radius 3 is 2.67 bits per heavy atom. The molecule has 0 aliphatic heterocycles. The van der Waals surface area contributed by atoms with Crippen LogP contribution >= 0.6 is 11.3 Å². The van der Waals surface area contributed by atoms with Gasteiger partial charge in [-0.2, -0.15) is 0 Å². The van der Waals surface area contributed by atoms with Gasteiger partial charge in [-0.1, -0.05) is 11.3 Å². The van der Waals surface area contributed by atoms with Crippen molar-refractivity contribution in [3.63, 3.8) is 0 Å². The lowest BCUT2D eigenvalue weighted by Crippen LogP contribution is -2.11. The molecule has 2 aromatic heterocycles. The number of aryl methyl sites for hydroxylation is 2. The van der Waals surface area contributed by atoms with Crippen LogP contribution in [0.4, 0.5) is 5.13 Å². The highest BCUT2D eigenvalue weighted by atomic mass is 32.1. The zero-order chi connectivity index (χ0) is 16.9. The maximum absolute atomic E-state index is 11.9. The van der Waals surface area contributed by atoms with E-state index in [1.165, 1.54) is 11.3 Å². The number of amides is 1. The van der Waals surface area contributed by atoms with Crippen LogP contribution < -0.4 is 10.1 Å². The molecule has 0 saturated heterocycles. The molecule has 0 fully saturated rings. The van der Waals surface area contributed by atoms with E-state index >= 15 is 0 Å². The molecule has 1 aromatic carbocycles. The number of anilines is 1. The monoisotopic (exact) mass is 343 g/mol. The smallest absolute Gasteiger partial charge is 0.226 e. The van der Waals surface area contributed by atoms with Crippen LogP contribution in [0.3, 0.4) is 0 Å². The maximum atomic E-state index is 11.9. The second kappa shape index (κ2) is 7.27. The topological polar surface area (TPSA) is 77.2 Å². The second-order valence-corrected chi connectivity index (χ2v) is 6.35. The van der Waals surface area contributed by atoms with Gasteiger partial charge >= 0.3 is 0 Å². The number of benzene rings is 1. The molecule has 0 spiro atoms. The van der Waals surface area contributed by atoms with Crippen molar-refractivity contribution in [3.8, 4) is 17.1 Å². The molecule has 0 saturated carbocycles. The third kappa shape index (κ3) is 3.99. The van der Waals surface area contributed by atoms with Gasteiger partial charge in [-0.05, 0) is 43.3 Å². The van der Waals surface area contributed by atoms with Gasteiger partial charge in [-0.3, -0.25) is 4.79 Å². The average molecular weight is 343 g/mol. The van der Waals surface area contributed by atoms with Crippen LogP contribution in [0.2, 0.25) is 0 Å². The first kappa shape index (κ1) is 16.2. The van der Waals surface area contributed by atoms with Gasteiger partial charge in [0.1, 0.15) is 22.3 Å². The highest BCUT2D eigenvalue weighted by Gasteiger charge is 2.10. The van der Waals surface area contributed by atoms with Crippen LogP contribution in [-0.2, 0) is 11.2 Å². The summed E-state index contributed by atoms with van der Waals surface area (Å²) in [6.07, 6.45) is 0.855. The van der Waals surface area contributed by atoms with Crippen molar-refractivity contribution in [2.45, 2.75) is 19.8 Å². The molecule has 0 atom stereocenters. The molecular weight excluding hydrogens is 326 g/mol. The number of hydrogen-bond acceptors (Lipinski definition) is 6. The first-order chi connectivity index (χ1) is 11.6. The van der Waals surface area contributed by atoms with Crippen molar-refractivity contribution in [3.05, 3.63) is 47.2 Å². The molecule has 0 bridgehead atoms. The molecule has 7 heteroatoms. The Balaban J connectivity index is 1.56. The van der Waals surface area contributed by atoms with Crippen LogP contribution in [0.1, 0.15) is 17.2 Å². The molecule has 1 N–H and O–H groups in total. The summed E-state index contributed by atoms with van der Waals surface area (Å²) >= 11 is 1.35. The highest BCUT2D eigenvalue weighted by Crippen LogP contribution is 2.25. The Hall–Kier alpha value is -2.67. The van der Waals surface area contributed by atoms with Crippen LogP contribution in [0.15, 0.2) is 40.8 Å². The molecule has 2 heterocycles. The number of aromatic nitrogens is 2. The number of nitrogens with zero attached hydrogens (tertiary/aromatic N) is 2. The van der Waals surface area contributed by atoms with Crippen molar-refractivity contribution in [2.75, 3.05) is 12.4 Å². The van der Waals surface area contributed by atoms with E-state index in [1.54, 1.807) is 7.11 Å². The Kier molecular flexibility index (Phi) is 4.90. The standard InChI is InChI=1S/C17H17N3O3S/c1-11-19-20-17(24-11)18-16(21)10-8-14-7-9-15(23-14)12-3-5-13(22-2)6-4-12/h3-7,9H,8,10H2,1-2H3,(H,18,20,21). The van der Waals surface area contributed by atoms with E-state index in [4.69, 9.17) is 9.15 Å². The zero-order valence-corrected chi connectivity index (χ0v) is 14.2. The van der Waals surface area contributed by atoms with Crippen molar-refractivity contribution in [1.29, 1.82) is 0 Å². The third-order valence-electron chi connectivity index (χ3n) is 3.41. The third-order valence-corrected chi connectivity index (χ3v) is 4.16. The van der Waals surface area contributed by atoms with Crippen molar-refractivity contribution in [2.24, 2.45) is 0 Å². The summed E-state index contributed by atoms with van der Waals surface area (Å²) in [6, 6.07) is 11.4. The summed E-state index contributed by atoms with van der Waals surface area (Å²) in [4.78, 5) is 11.9. The fourth-order valence-electron chi connectivity index (χ4n) is 2.19. The minimum absolute atomic E-state index is 0.103. The average Bonchev–Trinajstić information content (AvgIpc) is 3.22. The molecule has 24 heavy (non-hydrogen) atoms. The minimum atomic E-state index is -0.103. The number of rotatable bonds is 6. The molecule has 0 unspecified atom stereocenters. The largest absolute Gasteiger partial charge is 0.497 e. The number of furan rings is 1. The van der Waals surface area contributed by atoms with Crippen LogP contribution in [-0.4, -0.2) is 23.2 Å². The molecule has 0 radical (unpaired) electrons. The fourth-order valence-corrected chi connectivity index (χ4v) is 2.80. The van der Waals surface area contributed by atoms with Gasteiger partial charge in [0.05, 0.1) is 7.11 Å². The number of nitrogens with one attached hydrogen (secondary N) is 1. The van der Waals surface area contributed by atoms with Crippen molar-refractivity contribution >= 4 is 22.4 Å². The normalized spacial score (nSPS) is 10.6. The lowest BCUT2D eigenvalue weighted by Gasteiger charge is -2.01. The van der Waals surface area contributed by atoms with E-state index in [-0.39, 0.29) is 5.91 Å². The van der Waals surface area contributed by atoms with Gasteiger partial charge < -0.3 is 14.5 Å². The van der Waals surface area contributed by atoms with Gasteiger partial charge in [-0.25, -0.2) is 0 Å². The maximum Gasteiger partial charge on any atom is 0.226 e. The Bertz CT molecular complexity index is 824. The Morgan fingerprint density at radius 1 is 1.21 bits per heavy atom. The predicted octanol–water partition coefficient (Wildman–Crippen LogP) is 3.69. The van der Waals surface area contributed by atoms with Gasteiger partial charge in [-0.15, -0.1) is 10.2 Å². The van der Waals surface area contributed by atoms with E-state index in [2.05, 4.69) is 15.5 Å². The molecule has 124 valence electrons. The number of carbonyl (C=O) groups is 1. The summed E-state index contributed by atoms with van der Waals surface area (Å²) in [7, 11) is 1.63. The number of methoxy groups -OCH3 is 1. The van der Waals surface area contributed by atoms with E-state index < -0.39 is 0 Å². The first-order valence-electron chi connectivity index (χ1n) is 7.47. The molecule has 0 aliphatic carbocycles. The molecule has 1 amide bonds. The van der Waals surface area contributed by atoms with Gasteiger partial charge in [0.25, 0.3) is 0 Å². The number of ether oxygens (including phenoxy) is 1. The van der Waals surface area contributed by atoms with E-state index in [9.17, 15) is 4.79 Å². The van der Waals surface area contributed by atoms with Crippen molar-refractivity contribution in [1.82, 2.24) is 10.2 Å². The molecule has 0 aliphatic rings. The Labute approximate surface area is 143 Å². The van der Waals surface area contributed by atoms with Crippen LogP contribution in [0.5, 0.6) is 5.75 Å². The van der Waals surface area contributed by atoms with E-state index in [0.29, 0.717) is 18.0 Å². The van der Waals surface area contributed by atoms with E-state index in [1.807, 2.05) is 43.3 Å². The molecule has 6 nitrogen and oxygen atoms in total. The molecule has 3 aromatic rings. The molecule has 3 rings (SSSR count). The lowest BCUT2D eigenvalue weighted by atomic mass is 10.2. The predicted molar refractivity (Wildman–Crippen MR) is 92.3 cm³/mol. The summed E-state index contributed by atoms with van der Waals surface area (Å²) < 4.78 is 10.9. The summed E-state index contributed by atoms with van der Waals surface area (Å²) in [5, 5.41) is 11.8. The lowest BCUT2D eigenvalue weighted by molar-refractivity contribution is -0.116. The van der Waals surface area contributed by atoms with Gasteiger partial charge in [0.2, 0.25) is 11.0 Å². The summed E-state index contributed by atoms with van der Waals surface area (Å²) in [6.45, 7) is 1.84. The van der Waals surface area contributed by atoms with Crippen LogP contribution in [0, 0.1) is 6.92 Å². The van der Waals surface area contributed by atoms with Gasteiger partial charge in [0, 0.05) is 18.4 Å². The minimum Gasteiger partial charge on any atom is -0.497 e. The van der Waals surface area contributed by atoms with Gasteiger partial charge in [0.15, 0.2) is 0 Å². The SMILES string of the molecule is COc1ccc(-c2ccc(CCC(=O)Nc3nnc(C)s3)o2)cc1. The Morgan fingerprint density at radius 2 is 2.00 bits per heavy atom. The zero-order valence-electron chi connectivity index (χ0n) is 13.4.